The Hall–Kier alpha value is -2.70. The van der Waals surface area contributed by atoms with Crippen molar-refractivity contribution >= 4 is 23.4 Å². The number of hydrogen-bond acceptors (Lipinski definition) is 5. The Morgan fingerprint density at radius 3 is 2.90 bits per heavy atom. The van der Waals surface area contributed by atoms with E-state index in [9.17, 15) is 0 Å². The van der Waals surface area contributed by atoms with E-state index in [1.54, 1.807) is 0 Å². The zero-order valence-electron chi connectivity index (χ0n) is 16.3. The number of halogens is 1. The van der Waals surface area contributed by atoms with Gasteiger partial charge in [0.15, 0.2) is 0 Å². The van der Waals surface area contributed by atoms with Crippen LogP contribution in [0.25, 0.3) is 22.4 Å². The first-order valence-electron chi connectivity index (χ1n) is 9.80. The second kappa shape index (κ2) is 7.97. The van der Waals surface area contributed by atoms with Crippen LogP contribution in [0.1, 0.15) is 37.6 Å². The monoisotopic (exact) mass is 409 g/mol. The van der Waals surface area contributed by atoms with Gasteiger partial charge in [-0.2, -0.15) is 4.98 Å². The molecule has 3 heterocycles. The van der Waals surface area contributed by atoms with Crippen LogP contribution in [-0.4, -0.2) is 26.2 Å². The predicted molar refractivity (Wildman–Crippen MR) is 115 cm³/mol. The van der Waals surface area contributed by atoms with Crippen LogP contribution in [0, 0.1) is 0 Å². The normalized spacial score (nSPS) is 19.2. The van der Waals surface area contributed by atoms with E-state index in [0.717, 1.165) is 36.1 Å². The molecule has 1 saturated heterocycles. The van der Waals surface area contributed by atoms with E-state index < -0.39 is 0 Å². The van der Waals surface area contributed by atoms with Crippen molar-refractivity contribution in [2.45, 2.75) is 38.3 Å². The van der Waals surface area contributed by atoms with Gasteiger partial charge in [0.1, 0.15) is 0 Å². The summed E-state index contributed by atoms with van der Waals surface area (Å²) in [6.45, 7) is 3.88. The minimum Gasteiger partial charge on any atom is -0.337 e. The van der Waals surface area contributed by atoms with Crippen molar-refractivity contribution in [2.75, 3.05) is 6.54 Å². The third-order valence-electron chi connectivity index (χ3n) is 5.58. The van der Waals surface area contributed by atoms with Crippen molar-refractivity contribution < 1.29 is 4.52 Å². The minimum absolute atomic E-state index is 0. The van der Waals surface area contributed by atoms with E-state index in [-0.39, 0.29) is 17.9 Å². The molecular formula is C22H24ClN5O. The minimum atomic E-state index is -0.225. The number of fused-ring (bicyclic) bond motifs is 1. The van der Waals surface area contributed by atoms with E-state index in [1.165, 1.54) is 18.4 Å². The first-order chi connectivity index (χ1) is 13.7. The molecule has 1 atom stereocenters. The van der Waals surface area contributed by atoms with Crippen molar-refractivity contribution in [3.05, 3.63) is 66.3 Å². The average molecular weight is 410 g/mol. The summed E-state index contributed by atoms with van der Waals surface area (Å²) in [6.07, 6.45) is 5.28. The SMILES string of the molecule is CC1(c2nc(-c3cccc(Cn4cnc5ccccc54)c3)no2)CCCCN1.Cl. The number of hydrogen-bond donors (Lipinski definition) is 1. The van der Waals surface area contributed by atoms with Crippen molar-refractivity contribution in [3.63, 3.8) is 0 Å². The maximum absolute atomic E-state index is 5.63. The molecule has 150 valence electrons. The lowest BCUT2D eigenvalue weighted by Crippen LogP contribution is -2.43. The van der Waals surface area contributed by atoms with Gasteiger partial charge in [-0.05, 0) is 56.5 Å². The number of piperidine rings is 1. The average Bonchev–Trinajstić information content (AvgIpc) is 3.37. The van der Waals surface area contributed by atoms with Gasteiger partial charge in [-0.25, -0.2) is 4.98 Å². The molecule has 0 aliphatic carbocycles. The van der Waals surface area contributed by atoms with Crippen LogP contribution in [0.15, 0.2) is 59.4 Å². The smallest absolute Gasteiger partial charge is 0.246 e. The second-order valence-corrected chi connectivity index (χ2v) is 7.70. The third-order valence-corrected chi connectivity index (χ3v) is 5.58. The fourth-order valence-corrected chi connectivity index (χ4v) is 3.95. The number of imidazole rings is 1. The van der Waals surface area contributed by atoms with Gasteiger partial charge >= 0.3 is 0 Å². The molecular weight excluding hydrogens is 386 g/mol. The Morgan fingerprint density at radius 1 is 1.14 bits per heavy atom. The van der Waals surface area contributed by atoms with Gasteiger partial charge < -0.3 is 14.4 Å². The molecule has 7 heteroatoms. The molecule has 0 amide bonds. The van der Waals surface area contributed by atoms with Crippen LogP contribution in [0.2, 0.25) is 0 Å². The molecule has 1 unspecified atom stereocenters. The fraction of sp³-hybridized carbons (Fsp3) is 0.318. The molecule has 0 bridgehead atoms. The van der Waals surface area contributed by atoms with Gasteiger partial charge in [0.2, 0.25) is 11.7 Å². The van der Waals surface area contributed by atoms with Gasteiger partial charge in [-0.15, -0.1) is 12.4 Å². The van der Waals surface area contributed by atoms with Gasteiger partial charge in [-0.3, -0.25) is 0 Å². The van der Waals surface area contributed by atoms with Gasteiger partial charge in [0, 0.05) is 12.1 Å². The molecule has 1 N–H and O–H groups in total. The summed E-state index contributed by atoms with van der Waals surface area (Å²) in [4.78, 5) is 9.18. The molecule has 2 aromatic heterocycles. The highest BCUT2D eigenvalue weighted by Crippen LogP contribution is 2.30. The molecule has 2 aromatic carbocycles. The number of nitrogens with zero attached hydrogens (tertiary/aromatic N) is 4. The molecule has 5 rings (SSSR count). The van der Waals surface area contributed by atoms with E-state index in [4.69, 9.17) is 9.51 Å². The Balaban J connectivity index is 0.00000205. The van der Waals surface area contributed by atoms with Crippen LogP contribution < -0.4 is 5.32 Å². The van der Waals surface area contributed by atoms with Crippen LogP contribution in [0.5, 0.6) is 0 Å². The molecule has 1 fully saturated rings. The van der Waals surface area contributed by atoms with Gasteiger partial charge in [0.25, 0.3) is 0 Å². The van der Waals surface area contributed by atoms with Crippen LogP contribution in [0.3, 0.4) is 0 Å². The van der Waals surface area contributed by atoms with E-state index in [1.807, 2.05) is 36.7 Å². The first-order valence-corrected chi connectivity index (χ1v) is 9.80. The first kappa shape index (κ1) is 19.6. The lowest BCUT2D eigenvalue weighted by molar-refractivity contribution is 0.207. The number of rotatable bonds is 4. The maximum Gasteiger partial charge on any atom is 0.246 e. The molecule has 29 heavy (non-hydrogen) atoms. The molecule has 0 spiro atoms. The van der Waals surface area contributed by atoms with Crippen LogP contribution >= 0.6 is 12.4 Å². The number of aromatic nitrogens is 4. The molecule has 6 nitrogen and oxygen atoms in total. The number of para-hydroxylation sites is 2. The van der Waals surface area contributed by atoms with Crippen molar-refractivity contribution in [2.24, 2.45) is 0 Å². The van der Waals surface area contributed by atoms with Gasteiger partial charge in [0.05, 0.1) is 22.9 Å². The molecule has 4 aromatic rings. The molecule has 1 aliphatic rings. The Kier molecular flexibility index (Phi) is 5.39. The summed E-state index contributed by atoms with van der Waals surface area (Å²) < 4.78 is 7.78. The summed E-state index contributed by atoms with van der Waals surface area (Å²) in [5.41, 5.74) is 4.06. The highest BCUT2D eigenvalue weighted by molar-refractivity contribution is 5.85. The fourth-order valence-electron chi connectivity index (χ4n) is 3.95. The van der Waals surface area contributed by atoms with Crippen molar-refractivity contribution in [1.29, 1.82) is 0 Å². The second-order valence-electron chi connectivity index (χ2n) is 7.70. The Bertz CT molecular complexity index is 1110. The van der Waals surface area contributed by atoms with Crippen LogP contribution in [-0.2, 0) is 12.1 Å². The highest BCUT2D eigenvalue weighted by Gasteiger charge is 2.34. The standard InChI is InChI=1S/C22H23N5O.ClH/c1-22(11-4-5-12-24-22)21-25-20(26-28-21)17-8-6-7-16(13-17)14-27-15-23-18-9-2-3-10-19(18)27;/h2-3,6-10,13,15,24H,4-5,11-12,14H2,1H3;1H. The van der Waals surface area contributed by atoms with Gasteiger partial charge in [-0.1, -0.05) is 35.5 Å². The van der Waals surface area contributed by atoms with Crippen LogP contribution in [0.4, 0.5) is 0 Å². The lowest BCUT2D eigenvalue weighted by Gasteiger charge is -2.31. The summed E-state index contributed by atoms with van der Waals surface area (Å²) >= 11 is 0. The lowest BCUT2D eigenvalue weighted by atomic mass is 9.91. The quantitative estimate of drug-likeness (QED) is 0.535. The largest absolute Gasteiger partial charge is 0.337 e. The Morgan fingerprint density at radius 2 is 2.03 bits per heavy atom. The summed E-state index contributed by atoms with van der Waals surface area (Å²) in [5.74, 6) is 1.31. The Labute approximate surface area is 175 Å². The van der Waals surface area contributed by atoms with E-state index >= 15 is 0 Å². The third kappa shape index (κ3) is 3.78. The molecule has 1 aliphatic heterocycles. The van der Waals surface area contributed by atoms with E-state index in [0.29, 0.717) is 11.7 Å². The van der Waals surface area contributed by atoms with Crippen molar-refractivity contribution in [1.82, 2.24) is 25.0 Å². The maximum atomic E-state index is 5.63. The van der Waals surface area contributed by atoms with Crippen molar-refractivity contribution in [3.8, 4) is 11.4 Å². The summed E-state index contributed by atoms with van der Waals surface area (Å²) in [6, 6.07) is 16.5. The highest BCUT2D eigenvalue weighted by atomic mass is 35.5. The zero-order valence-corrected chi connectivity index (χ0v) is 17.2. The molecule has 0 saturated carbocycles. The number of benzene rings is 2. The predicted octanol–water partition coefficient (Wildman–Crippen LogP) is 4.55. The number of nitrogens with one attached hydrogen (secondary N) is 1. The zero-order chi connectivity index (χ0) is 19.0. The van der Waals surface area contributed by atoms with E-state index in [2.05, 4.69) is 45.1 Å². The summed E-state index contributed by atoms with van der Waals surface area (Å²) in [7, 11) is 0. The summed E-state index contributed by atoms with van der Waals surface area (Å²) in [5, 5.41) is 7.78. The topological polar surface area (TPSA) is 68.8 Å². The molecule has 0 radical (unpaired) electrons.